The summed E-state index contributed by atoms with van der Waals surface area (Å²) >= 11 is 5.97. The van der Waals surface area contributed by atoms with E-state index in [1.54, 1.807) is 12.1 Å². The van der Waals surface area contributed by atoms with Gasteiger partial charge in [0.05, 0.1) is 11.8 Å². The van der Waals surface area contributed by atoms with Gasteiger partial charge in [0.1, 0.15) is 17.2 Å². The highest BCUT2D eigenvalue weighted by Crippen LogP contribution is 2.38. The second-order valence-corrected chi connectivity index (χ2v) is 12.3. The van der Waals surface area contributed by atoms with Crippen molar-refractivity contribution in [3.05, 3.63) is 106 Å². The quantitative estimate of drug-likeness (QED) is 0.153. The Morgan fingerprint density at radius 2 is 1.48 bits per heavy atom. The van der Waals surface area contributed by atoms with Crippen molar-refractivity contribution in [3.63, 3.8) is 0 Å². The molecule has 0 spiro atoms. The molecule has 42 heavy (non-hydrogen) atoms. The lowest BCUT2D eigenvalue weighted by Crippen LogP contribution is -2.52. The van der Waals surface area contributed by atoms with E-state index in [2.05, 4.69) is 0 Å². The Labute approximate surface area is 248 Å². The largest absolute Gasteiger partial charge is 0.379 e. The molecule has 3 amide bonds. The van der Waals surface area contributed by atoms with E-state index < -0.39 is 52.0 Å². The Bertz CT molecular complexity index is 1700. The summed E-state index contributed by atoms with van der Waals surface area (Å²) in [6.07, 6.45) is 2.69. The molecule has 0 bridgehead atoms. The fraction of sp³-hybridized carbons (Fsp3) is 0.226. The van der Waals surface area contributed by atoms with E-state index in [1.807, 2.05) is 19.9 Å². The van der Waals surface area contributed by atoms with Gasteiger partial charge in [0.2, 0.25) is 0 Å². The molecule has 1 fully saturated rings. The molecule has 1 heterocycles. The third-order valence-corrected chi connectivity index (χ3v) is 8.87. The Morgan fingerprint density at radius 1 is 0.881 bits per heavy atom. The molecule has 3 aromatic carbocycles. The molecule has 2 atom stereocenters. The molecule has 216 valence electrons. The number of halogens is 1. The van der Waals surface area contributed by atoms with Gasteiger partial charge in [0, 0.05) is 16.1 Å². The number of hydrogen-bond acceptors (Lipinski definition) is 7. The number of carbonyl (C=O) groups excluding carboxylic acids is 4. The van der Waals surface area contributed by atoms with Crippen molar-refractivity contribution < 1.29 is 31.8 Å². The molecule has 0 N–H and O–H groups in total. The fourth-order valence-electron chi connectivity index (χ4n) is 5.04. The summed E-state index contributed by atoms with van der Waals surface area (Å²) in [6, 6.07) is 17.4. The predicted molar refractivity (Wildman–Crippen MR) is 154 cm³/mol. The number of aryl methyl sites for hydroxylation is 1. The van der Waals surface area contributed by atoms with Gasteiger partial charge in [-0.25, -0.2) is 5.01 Å². The zero-order valence-corrected chi connectivity index (χ0v) is 24.4. The highest BCUT2D eigenvalue weighted by Gasteiger charge is 2.51. The lowest BCUT2D eigenvalue weighted by Gasteiger charge is -2.30. The highest BCUT2D eigenvalue weighted by molar-refractivity contribution is 7.87. The van der Waals surface area contributed by atoms with E-state index in [4.69, 9.17) is 15.8 Å². The average molecular weight is 607 g/mol. The first-order chi connectivity index (χ1) is 19.9. The summed E-state index contributed by atoms with van der Waals surface area (Å²) in [5.74, 6) is -3.58. The summed E-state index contributed by atoms with van der Waals surface area (Å²) in [5.41, 5.74) is 2.14. The van der Waals surface area contributed by atoms with E-state index in [-0.39, 0.29) is 21.8 Å². The van der Waals surface area contributed by atoms with Gasteiger partial charge in [0.15, 0.2) is 5.78 Å². The Kier molecular flexibility index (Phi) is 8.03. The second kappa shape index (κ2) is 11.5. The number of allylic oxidation sites excluding steroid dienone is 2. The summed E-state index contributed by atoms with van der Waals surface area (Å²) in [6.45, 7) is 3.11. The first kappa shape index (κ1) is 29.2. The molecule has 3 aromatic rings. The number of fused-ring (bicyclic) bond motifs is 1. The molecular formula is C31H27ClN2O7S. The van der Waals surface area contributed by atoms with Gasteiger partial charge in [0.25, 0.3) is 17.7 Å². The Morgan fingerprint density at radius 3 is 2.12 bits per heavy atom. The number of Topliss-reactive ketones (excluding diaryl/α,β-unsaturated/α-hetero) is 1. The topological polar surface area (TPSA) is 118 Å². The maximum atomic E-state index is 13.6. The molecule has 1 aliphatic carbocycles. The highest BCUT2D eigenvalue weighted by atomic mass is 35.5. The van der Waals surface area contributed by atoms with Gasteiger partial charge < -0.3 is 4.18 Å². The van der Waals surface area contributed by atoms with E-state index in [0.717, 1.165) is 21.2 Å². The van der Waals surface area contributed by atoms with E-state index in [0.29, 0.717) is 17.9 Å². The number of hydrogen-bond donors (Lipinski definition) is 0. The molecule has 9 nitrogen and oxygen atoms in total. The van der Waals surface area contributed by atoms with Crippen LogP contribution in [0.1, 0.15) is 46.0 Å². The summed E-state index contributed by atoms with van der Waals surface area (Å²) in [7, 11) is -4.10. The third-order valence-electron chi connectivity index (χ3n) is 7.35. The molecule has 1 saturated heterocycles. The third kappa shape index (κ3) is 5.86. The zero-order valence-electron chi connectivity index (χ0n) is 22.8. The minimum Gasteiger partial charge on any atom is -0.379 e. The van der Waals surface area contributed by atoms with E-state index in [1.165, 1.54) is 60.7 Å². The van der Waals surface area contributed by atoms with Crippen LogP contribution in [0.15, 0.2) is 89.3 Å². The number of rotatable bonds is 8. The number of imide groups is 1. The number of ketones is 1. The molecule has 5 rings (SSSR count). The Hall–Kier alpha value is -4.28. The van der Waals surface area contributed by atoms with Gasteiger partial charge in [-0.05, 0) is 87.4 Å². The first-order valence-electron chi connectivity index (χ1n) is 13.2. The molecule has 0 unspecified atom stereocenters. The van der Waals surface area contributed by atoms with Gasteiger partial charge in [-0.3, -0.25) is 19.2 Å². The van der Waals surface area contributed by atoms with Crippen molar-refractivity contribution in [2.45, 2.75) is 31.6 Å². The van der Waals surface area contributed by atoms with Gasteiger partial charge in [-0.15, -0.1) is 0 Å². The minimum absolute atomic E-state index is 0.0157. The number of carbonyl (C=O) groups is 4. The van der Waals surface area contributed by atoms with Gasteiger partial charge in [-0.1, -0.05) is 40.9 Å². The normalized spacial score (nSPS) is 18.4. The predicted octanol–water partition coefficient (Wildman–Crippen LogP) is 5.00. The van der Waals surface area contributed by atoms with E-state index >= 15 is 0 Å². The maximum absolute atomic E-state index is 13.6. The fourth-order valence-corrected chi connectivity index (χ4v) is 6.09. The standard InChI is InChI=1S/C31H27ClN2O7S/c1-19-3-14-25(15-4-19)42(39,40)41-24-12-8-21(9-13-24)28(35)18-33(29(36)22-6-10-23(32)11-7-22)34-30(37)26-16-5-20(2)17-27(26)31(34)38/h3-15,26-27H,16-18H2,1-2H3/t26-,27-/m1/s1. The first-order valence-corrected chi connectivity index (χ1v) is 15.0. The number of nitrogens with zero attached hydrogens (tertiary/aromatic N) is 2. The molecule has 0 radical (unpaired) electrons. The lowest BCUT2D eigenvalue weighted by atomic mass is 9.82. The smallest absolute Gasteiger partial charge is 0.339 e. The second-order valence-electron chi connectivity index (χ2n) is 10.4. The molecular weight excluding hydrogens is 580 g/mol. The van der Waals surface area contributed by atoms with Crippen molar-refractivity contribution in [2.24, 2.45) is 11.8 Å². The van der Waals surface area contributed by atoms with Crippen LogP contribution < -0.4 is 4.18 Å². The van der Waals surface area contributed by atoms with Crippen LogP contribution in [0, 0.1) is 18.8 Å². The number of hydrazine groups is 1. The van der Waals surface area contributed by atoms with E-state index in [9.17, 15) is 27.6 Å². The van der Waals surface area contributed by atoms with Crippen LogP contribution in [-0.2, 0) is 19.7 Å². The van der Waals surface area contributed by atoms with Gasteiger partial charge in [-0.2, -0.15) is 13.4 Å². The molecule has 0 aromatic heterocycles. The molecule has 1 aliphatic heterocycles. The SMILES string of the molecule is CC1=CC[C@H]2C(=O)N(N(CC(=O)c3ccc(OS(=O)(=O)c4ccc(C)cc4)cc3)C(=O)c3ccc(Cl)cc3)C(=O)[C@@H]2C1. The van der Waals surface area contributed by atoms with Crippen LogP contribution in [0.4, 0.5) is 0 Å². The van der Waals surface area contributed by atoms with Gasteiger partial charge >= 0.3 is 10.1 Å². The van der Waals surface area contributed by atoms with Crippen LogP contribution in [0.5, 0.6) is 5.75 Å². The van der Waals surface area contributed by atoms with Crippen molar-refractivity contribution in [1.82, 2.24) is 10.0 Å². The summed E-state index contributed by atoms with van der Waals surface area (Å²) in [5, 5.41) is 2.08. The zero-order chi connectivity index (χ0) is 30.2. The summed E-state index contributed by atoms with van der Waals surface area (Å²) < 4.78 is 30.5. The van der Waals surface area contributed by atoms with Crippen molar-refractivity contribution in [3.8, 4) is 5.75 Å². The van der Waals surface area contributed by atoms with Crippen molar-refractivity contribution >= 4 is 45.2 Å². The number of benzene rings is 3. The molecule has 11 heteroatoms. The lowest BCUT2D eigenvalue weighted by molar-refractivity contribution is -0.154. The van der Waals surface area contributed by atoms with Crippen LogP contribution >= 0.6 is 11.6 Å². The molecule has 2 aliphatic rings. The average Bonchev–Trinajstić information content (AvgIpc) is 3.20. The van der Waals surface area contributed by atoms with Crippen LogP contribution in [0.2, 0.25) is 5.02 Å². The minimum atomic E-state index is -4.10. The van der Waals surface area contributed by atoms with Crippen LogP contribution in [-0.4, -0.2) is 48.5 Å². The number of amides is 3. The monoisotopic (exact) mass is 606 g/mol. The van der Waals surface area contributed by atoms with Crippen LogP contribution in [0.25, 0.3) is 0 Å². The maximum Gasteiger partial charge on any atom is 0.339 e. The summed E-state index contributed by atoms with van der Waals surface area (Å²) in [4.78, 5) is 53.8. The van der Waals surface area contributed by atoms with Crippen molar-refractivity contribution in [1.29, 1.82) is 0 Å². The Balaban J connectivity index is 1.39. The molecule has 0 saturated carbocycles. The van der Waals surface area contributed by atoms with Crippen LogP contribution in [0.3, 0.4) is 0 Å². The van der Waals surface area contributed by atoms with Crippen molar-refractivity contribution in [2.75, 3.05) is 6.54 Å².